The SMILES string of the molecule is N#Cc1cccc(Oc2ccccc2CBr)c1. The number of alkyl halides is 1. The first-order chi connectivity index (χ1) is 8.33. The summed E-state index contributed by atoms with van der Waals surface area (Å²) in [5, 5.41) is 9.55. The largest absolute Gasteiger partial charge is 0.457 e. The molecule has 0 aromatic heterocycles. The molecule has 0 atom stereocenters. The lowest BCUT2D eigenvalue weighted by Gasteiger charge is -2.09. The highest BCUT2D eigenvalue weighted by Crippen LogP contribution is 2.27. The Morgan fingerprint density at radius 3 is 2.71 bits per heavy atom. The Morgan fingerprint density at radius 1 is 1.12 bits per heavy atom. The number of benzene rings is 2. The molecule has 2 rings (SSSR count). The third-order valence-corrected chi connectivity index (χ3v) is 2.91. The molecule has 0 amide bonds. The van der Waals surface area contributed by atoms with Crippen LogP contribution in [-0.2, 0) is 5.33 Å². The van der Waals surface area contributed by atoms with Gasteiger partial charge < -0.3 is 4.74 Å². The lowest BCUT2D eigenvalue weighted by Crippen LogP contribution is -1.89. The summed E-state index contributed by atoms with van der Waals surface area (Å²) in [4.78, 5) is 0. The number of rotatable bonds is 3. The zero-order valence-corrected chi connectivity index (χ0v) is 10.6. The highest BCUT2D eigenvalue weighted by atomic mass is 79.9. The Morgan fingerprint density at radius 2 is 1.94 bits per heavy atom. The van der Waals surface area contributed by atoms with Gasteiger partial charge in [-0.15, -0.1) is 0 Å². The van der Waals surface area contributed by atoms with Gasteiger partial charge in [0.15, 0.2) is 0 Å². The second-order valence-corrected chi connectivity index (χ2v) is 4.04. The quantitative estimate of drug-likeness (QED) is 0.791. The van der Waals surface area contributed by atoms with Crippen LogP contribution in [0.5, 0.6) is 11.5 Å². The van der Waals surface area contributed by atoms with E-state index >= 15 is 0 Å². The average molecular weight is 288 g/mol. The maximum atomic E-state index is 8.82. The van der Waals surface area contributed by atoms with Crippen LogP contribution < -0.4 is 4.74 Å². The molecule has 3 heteroatoms. The summed E-state index contributed by atoms with van der Waals surface area (Å²) in [5.41, 5.74) is 1.67. The minimum Gasteiger partial charge on any atom is -0.457 e. The zero-order chi connectivity index (χ0) is 12.1. The summed E-state index contributed by atoms with van der Waals surface area (Å²) >= 11 is 3.42. The van der Waals surface area contributed by atoms with Crippen molar-refractivity contribution in [1.29, 1.82) is 5.26 Å². The minimum atomic E-state index is 0.596. The molecular weight excluding hydrogens is 278 g/mol. The van der Waals surface area contributed by atoms with Crippen LogP contribution in [-0.4, -0.2) is 0 Å². The molecule has 84 valence electrons. The third kappa shape index (κ3) is 2.86. The number of para-hydroxylation sites is 1. The van der Waals surface area contributed by atoms with E-state index in [-0.39, 0.29) is 0 Å². The molecule has 0 saturated carbocycles. The molecule has 0 fully saturated rings. The van der Waals surface area contributed by atoms with Crippen LogP contribution in [0.2, 0.25) is 0 Å². The van der Waals surface area contributed by atoms with Crippen LogP contribution in [0.1, 0.15) is 11.1 Å². The van der Waals surface area contributed by atoms with Gasteiger partial charge in [-0.25, -0.2) is 0 Å². The van der Waals surface area contributed by atoms with E-state index in [9.17, 15) is 0 Å². The van der Waals surface area contributed by atoms with Gasteiger partial charge in [0, 0.05) is 10.9 Å². The van der Waals surface area contributed by atoms with Crippen molar-refractivity contribution in [1.82, 2.24) is 0 Å². The van der Waals surface area contributed by atoms with Gasteiger partial charge in [-0.3, -0.25) is 0 Å². The van der Waals surface area contributed by atoms with E-state index in [4.69, 9.17) is 10.00 Å². The average Bonchev–Trinajstić information content (AvgIpc) is 2.39. The summed E-state index contributed by atoms with van der Waals surface area (Å²) in [6.45, 7) is 0. The highest BCUT2D eigenvalue weighted by Gasteiger charge is 2.03. The maximum Gasteiger partial charge on any atom is 0.131 e. The number of hydrogen-bond donors (Lipinski definition) is 0. The summed E-state index contributed by atoms with van der Waals surface area (Å²) < 4.78 is 5.76. The Balaban J connectivity index is 2.28. The fraction of sp³-hybridized carbons (Fsp3) is 0.0714. The van der Waals surface area contributed by atoms with Gasteiger partial charge in [0.05, 0.1) is 11.6 Å². The molecule has 0 bridgehead atoms. The first kappa shape index (κ1) is 11.7. The Hall–Kier alpha value is -1.79. The molecule has 0 radical (unpaired) electrons. The predicted molar refractivity (Wildman–Crippen MR) is 70.3 cm³/mol. The number of nitriles is 1. The fourth-order valence-corrected chi connectivity index (χ4v) is 1.93. The van der Waals surface area contributed by atoms with Gasteiger partial charge >= 0.3 is 0 Å². The van der Waals surface area contributed by atoms with Gasteiger partial charge in [0.2, 0.25) is 0 Å². The number of halogens is 1. The van der Waals surface area contributed by atoms with E-state index in [1.54, 1.807) is 12.1 Å². The first-order valence-corrected chi connectivity index (χ1v) is 6.27. The van der Waals surface area contributed by atoms with E-state index in [1.165, 1.54) is 0 Å². The standard InChI is InChI=1S/C14H10BrNO/c15-9-12-5-1-2-7-14(12)17-13-6-3-4-11(8-13)10-16/h1-8H,9H2. The summed E-state index contributed by atoms with van der Waals surface area (Å²) in [5.74, 6) is 1.48. The third-order valence-electron chi connectivity index (χ3n) is 2.31. The molecule has 0 spiro atoms. The molecule has 0 aliphatic rings. The van der Waals surface area contributed by atoms with Crippen molar-refractivity contribution in [2.45, 2.75) is 5.33 Å². The molecule has 0 N–H and O–H groups in total. The molecule has 0 aliphatic carbocycles. The predicted octanol–water partition coefficient (Wildman–Crippen LogP) is 4.25. The number of nitrogens with zero attached hydrogens (tertiary/aromatic N) is 1. The zero-order valence-electron chi connectivity index (χ0n) is 9.06. The molecule has 2 nitrogen and oxygen atoms in total. The van der Waals surface area contributed by atoms with Crippen molar-refractivity contribution >= 4 is 15.9 Å². The highest BCUT2D eigenvalue weighted by molar-refractivity contribution is 9.08. The van der Waals surface area contributed by atoms with E-state index in [0.717, 1.165) is 16.6 Å². The molecule has 2 aromatic rings. The molecular formula is C14H10BrNO. The molecule has 0 aliphatic heterocycles. The first-order valence-electron chi connectivity index (χ1n) is 5.15. The Kier molecular flexibility index (Phi) is 3.79. The van der Waals surface area contributed by atoms with Crippen molar-refractivity contribution in [3.8, 4) is 17.6 Å². The van der Waals surface area contributed by atoms with E-state index < -0.39 is 0 Å². The second kappa shape index (κ2) is 5.51. The van der Waals surface area contributed by atoms with Crippen LogP contribution in [0.15, 0.2) is 48.5 Å². The minimum absolute atomic E-state index is 0.596. The molecule has 0 heterocycles. The van der Waals surface area contributed by atoms with Crippen molar-refractivity contribution in [2.75, 3.05) is 0 Å². The van der Waals surface area contributed by atoms with Crippen LogP contribution in [0, 0.1) is 11.3 Å². The lowest BCUT2D eigenvalue weighted by atomic mass is 10.2. The van der Waals surface area contributed by atoms with Crippen molar-refractivity contribution < 1.29 is 4.74 Å². The molecule has 2 aromatic carbocycles. The van der Waals surface area contributed by atoms with Gasteiger partial charge in [-0.05, 0) is 24.3 Å². The van der Waals surface area contributed by atoms with Crippen molar-refractivity contribution in [3.63, 3.8) is 0 Å². The maximum absolute atomic E-state index is 8.82. The summed E-state index contributed by atoms with van der Waals surface area (Å²) in [7, 11) is 0. The van der Waals surface area contributed by atoms with Crippen LogP contribution >= 0.6 is 15.9 Å². The Labute approximate surface area is 109 Å². The Bertz CT molecular complexity index is 560. The van der Waals surface area contributed by atoms with Gasteiger partial charge in [0.1, 0.15) is 11.5 Å². The topological polar surface area (TPSA) is 33.0 Å². The van der Waals surface area contributed by atoms with E-state index in [0.29, 0.717) is 11.3 Å². The van der Waals surface area contributed by atoms with Crippen molar-refractivity contribution in [3.05, 3.63) is 59.7 Å². The van der Waals surface area contributed by atoms with Gasteiger partial charge in [-0.1, -0.05) is 40.2 Å². The van der Waals surface area contributed by atoms with Gasteiger partial charge in [0.25, 0.3) is 0 Å². The molecule has 0 saturated heterocycles. The lowest BCUT2D eigenvalue weighted by molar-refractivity contribution is 0.478. The van der Waals surface area contributed by atoms with Gasteiger partial charge in [-0.2, -0.15) is 5.26 Å². The second-order valence-electron chi connectivity index (χ2n) is 3.48. The van der Waals surface area contributed by atoms with E-state index in [1.807, 2.05) is 36.4 Å². The summed E-state index contributed by atoms with van der Waals surface area (Å²) in [6, 6.07) is 17.0. The molecule has 0 unspecified atom stereocenters. The van der Waals surface area contributed by atoms with Crippen LogP contribution in [0.4, 0.5) is 0 Å². The van der Waals surface area contributed by atoms with Crippen LogP contribution in [0.25, 0.3) is 0 Å². The van der Waals surface area contributed by atoms with Crippen LogP contribution in [0.3, 0.4) is 0 Å². The van der Waals surface area contributed by atoms with Crippen molar-refractivity contribution in [2.24, 2.45) is 0 Å². The monoisotopic (exact) mass is 287 g/mol. The normalized spacial score (nSPS) is 9.65. The summed E-state index contributed by atoms with van der Waals surface area (Å²) in [6.07, 6.45) is 0. The van der Waals surface area contributed by atoms with E-state index in [2.05, 4.69) is 22.0 Å². The smallest absolute Gasteiger partial charge is 0.131 e. The fourth-order valence-electron chi connectivity index (χ4n) is 1.47. The number of hydrogen-bond acceptors (Lipinski definition) is 2. The molecule has 17 heavy (non-hydrogen) atoms. The number of ether oxygens (including phenoxy) is 1.